The van der Waals surface area contributed by atoms with Crippen LogP contribution in [0.3, 0.4) is 0 Å². The standard InChI is InChI=1S/C9H10ClN3O2S/c10-8-7(5-14)16-9(12-8)13-1-2-15-6(3-11)4-13/h6,14H,1-2,4-5H2. The summed E-state index contributed by atoms with van der Waals surface area (Å²) in [5, 5.41) is 18.9. The fourth-order valence-corrected chi connectivity index (χ4v) is 2.61. The Morgan fingerprint density at radius 1 is 1.75 bits per heavy atom. The van der Waals surface area contributed by atoms with Crippen molar-refractivity contribution in [2.45, 2.75) is 12.7 Å². The summed E-state index contributed by atoms with van der Waals surface area (Å²) in [5.41, 5.74) is 0. The van der Waals surface area contributed by atoms with E-state index >= 15 is 0 Å². The van der Waals surface area contributed by atoms with E-state index in [4.69, 9.17) is 26.7 Å². The number of rotatable bonds is 2. The van der Waals surface area contributed by atoms with E-state index in [1.165, 1.54) is 11.3 Å². The highest BCUT2D eigenvalue weighted by molar-refractivity contribution is 7.16. The number of halogens is 1. The van der Waals surface area contributed by atoms with E-state index in [2.05, 4.69) is 11.1 Å². The molecule has 86 valence electrons. The van der Waals surface area contributed by atoms with E-state index in [0.717, 1.165) is 5.13 Å². The average Bonchev–Trinajstić information content (AvgIpc) is 2.71. The Morgan fingerprint density at radius 2 is 2.56 bits per heavy atom. The van der Waals surface area contributed by atoms with Gasteiger partial charge in [-0.3, -0.25) is 0 Å². The molecule has 1 aromatic rings. The van der Waals surface area contributed by atoms with Crippen LogP contribution in [-0.2, 0) is 11.3 Å². The largest absolute Gasteiger partial charge is 0.391 e. The van der Waals surface area contributed by atoms with Crippen molar-refractivity contribution in [1.82, 2.24) is 4.98 Å². The molecule has 1 aliphatic heterocycles. The Bertz CT molecular complexity index is 417. The second-order valence-corrected chi connectivity index (χ2v) is 4.72. The fourth-order valence-electron chi connectivity index (χ4n) is 1.46. The number of hydrogen-bond donors (Lipinski definition) is 1. The molecule has 1 aliphatic rings. The van der Waals surface area contributed by atoms with Crippen molar-refractivity contribution in [3.05, 3.63) is 10.0 Å². The van der Waals surface area contributed by atoms with Crippen LogP contribution in [0.5, 0.6) is 0 Å². The van der Waals surface area contributed by atoms with Gasteiger partial charge in [-0.1, -0.05) is 22.9 Å². The Morgan fingerprint density at radius 3 is 3.19 bits per heavy atom. The van der Waals surface area contributed by atoms with Gasteiger partial charge in [0, 0.05) is 6.54 Å². The highest BCUT2D eigenvalue weighted by atomic mass is 35.5. The summed E-state index contributed by atoms with van der Waals surface area (Å²) >= 11 is 7.20. The van der Waals surface area contributed by atoms with Gasteiger partial charge in [-0.25, -0.2) is 4.98 Å². The zero-order valence-electron chi connectivity index (χ0n) is 8.39. The highest BCUT2D eigenvalue weighted by Gasteiger charge is 2.23. The lowest BCUT2D eigenvalue weighted by Crippen LogP contribution is -2.41. The second kappa shape index (κ2) is 4.97. The Labute approximate surface area is 102 Å². The zero-order valence-corrected chi connectivity index (χ0v) is 9.96. The minimum absolute atomic E-state index is 0.109. The lowest BCUT2D eigenvalue weighted by molar-refractivity contribution is 0.0764. The number of aromatic nitrogens is 1. The van der Waals surface area contributed by atoms with E-state index in [1.807, 2.05) is 4.90 Å². The van der Waals surface area contributed by atoms with Crippen molar-refractivity contribution < 1.29 is 9.84 Å². The molecule has 1 N–H and O–H groups in total. The smallest absolute Gasteiger partial charge is 0.187 e. The van der Waals surface area contributed by atoms with E-state index in [0.29, 0.717) is 29.7 Å². The summed E-state index contributed by atoms with van der Waals surface area (Å²) in [6.45, 7) is 1.57. The summed E-state index contributed by atoms with van der Waals surface area (Å²) in [6, 6.07) is 2.07. The number of anilines is 1. The maximum Gasteiger partial charge on any atom is 0.187 e. The van der Waals surface area contributed by atoms with Crippen LogP contribution in [0.25, 0.3) is 0 Å². The molecule has 1 unspecified atom stereocenters. The molecule has 5 nitrogen and oxygen atoms in total. The van der Waals surface area contributed by atoms with Crippen LogP contribution in [-0.4, -0.2) is 35.9 Å². The van der Waals surface area contributed by atoms with Crippen molar-refractivity contribution >= 4 is 28.1 Å². The number of aliphatic hydroxyl groups is 1. The van der Waals surface area contributed by atoms with Crippen LogP contribution in [0, 0.1) is 11.3 Å². The molecule has 0 aromatic carbocycles. The van der Waals surface area contributed by atoms with Crippen LogP contribution >= 0.6 is 22.9 Å². The van der Waals surface area contributed by atoms with Crippen molar-refractivity contribution in [1.29, 1.82) is 5.26 Å². The minimum atomic E-state index is -0.422. The van der Waals surface area contributed by atoms with Crippen molar-refractivity contribution in [3.63, 3.8) is 0 Å². The molecular weight excluding hydrogens is 250 g/mol. The van der Waals surface area contributed by atoms with Gasteiger partial charge in [0.25, 0.3) is 0 Å². The monoisotopic (exact) mass is 259 g/mol. The van der Waals surface area contributed by atoms with Gasteiger partial charge in [-0.15, -0.1) is 0 Å². The summed E-state index contributed by atoms with van der Waals surface area (Å²) in [5.74, 6) is 0. The third kappa shape index (κ3) is 2.28. The summed E-state index contributed by atoms with van der Waals surface area (Å²) in [4.78, 5) is 6.76. The van der Waals surface area contributed by atoms with E-state index in [1.54, 1.807) is 0 Å². The van der Waals surface area contributed by atoms with E-state index in [9.17, 15) is 0 Å². The zero-order chi connectivity index (χ0) is 11.5. The summed E-state index contributed by atoms with van der Waals surface area (Å²) in [7, 11) is 0. The molecule has 1 atom stereocenters. The Hall–Kier alpha value is -0.870. The first-order chi connectivity index (χ1) is 7.74. The molecule has 0 spiro atoms. The molecule has 0 aliphatic carbocycles. The first-order valence-electron chi connectivity index (χ1n) is 4.77. The number of aliphatic hydroxyl groups excluding tert-OH is 1. The van der Waals surface area contributed by atoms with Crippen molar-refractivity contribution in [2.75, 3.05) is 24.6 Å². The molecule has 2 heterocycles. The van der Waals surface area contributed by atoms with Gasteiger partial charge < -0.3 is 14.7 Å². The van der Waals surface area contributed by atoms with Gasteiger partial charge >= 0.3 is 0 Å². The molecule has 0 radical (unpaired) electrons. The number of thiazole rings is 1. The van der Waals surface area contributed by atoms with Crippen LogP contribution in [0.4, 0.5) is 5.13 Å². The summed E-state index contributed by atoms with van der Waals surface area (Å²) < 4.78 is 5.23. The topological polar surface area (TPSA) is 69.4 Å². The predicted molar refractivity (Wildman–Crippen MR) is 60.6 cm³/mol. The van der Waals surface area contributed by atoms with Gasteiger partial charge in [0.1, 0.15) is 5.15 Å². The van der Waals surface area contributed by atoms with Crippen LogP contribution < -0.4 is 4.90 Å². The Kier molecular flexibility index (Phi) is 3.61. The molecule has 1 aromatic heterocycles. The predicted octanol–water partition coefficient (Wildman–Crippen LogP) is 1.02. The molecule has 0 saturated carbocycles. The highest BCUT2D eigenvalue weighted by Crippen LogP contribution is 2.30. The number of nitrogens with zero attached hydrogens (tertiary/aromatic N) is 3. The van der Waals surface area contributed by atoms with Crippen LogP contribution in [0.15, 0.2) is 0 Å². The quantitative estimate of drug-likeness (QED) is 0.859. The molecular formula is C9H10ClN3O2S. The molecule has 16 heavy (non-hydrogen) atoms. The second-order valence-electron chi connectivity index (χ2n) is 3.30. The fraction of sp³-hybridized carbons (Fsp3) is 0.556. The normalized spacial score (nSPS) is 20.8. The van der Waals surface area contributed by atoms with Crippen LogP contribution in [0.1, 0.15) is 4.88 Å². The third-order valence-electron chi connectivity index (χ3n) is 2.26. The maximum absolute atomic E-state index is 9.02. The van der Waals surface area contributed by atoms with Gasteiger partial charge in [0.05, 0.1) is 30.7 Å². The van der Waals surface area contributed by atoms with Gasteiger partial charge in [-0.05, 0) is 0 Å². The van der Waals surface area contributed by atoms with Crippen molar-refractivity contribution in [2.24, 2.45) is 0 Å². The maximum atomic E-state index is 9.02. The lowest BCUT2D eigenvalue weighted by atomic mass is 10.3. The molecule has 0 amide bonds. The SMILES string of the molecule is N#CC1CN(c2nc(Cl)c(CO)s2)CCO1. The molecule has 1 fully saturated rings. The average molecular weight is 260 g/mol. The van der Waals surface area contributed by atoms with E-state index in [-0.39, 0.29) is 6.61 Å². The van der Waals surface area contributed by atoms with Crippen LogP contribution in [0.2, 0.25) is 5.15 Å². The number of ether oxygens (including phenoxy) is 1. The lowest BCUT2D eigenvalue weighted by Gasteiger charge is -2.29. The van der Waals surface area contributed by atoms with Crippen molar-refractivity contribution in [3.8, 4) is 6.07 Å². The molecule has 1 saturated heterocycles. The number of nitriles is 1. The third-order valence-corrected chi connectivity index (χ3v) is 3.79. The molecule has 0 bridgehead atoms. The van der Waals surface area contributed by atoms with Gasteiger partial charge in [-0.2, -0.15) is 5.26 Å². The number of morpholine rings is 1. The van der Waals surface area contributed by atoms with Gasteiger partial charge in [0.2, 0.25) is 0 Å². The van der Waals surface area contributed by atoms with E-state index < -0.39 is 6.10 Å². The summed E-state index contributed by atoms with van der Waals surface area (Å²) in [6.07, 6.45) is -0.422. The first-order valence-corrected chi connectivity index (χ1v) is 5.96. The molecule has 2 rings (SSSR count). The Balaban J connectivity index is 2.14. The first kappa shape index (κ1) is 11.6. The molecule has 7 heteroatoms. The minimum Gasteiger partial charge on any atom is -0.391 e. The van der Waals surface area contributed by atoms with Gasteiger partial charge in [0.15, 0.2) is 11.2 Å². The number of hydrogen-bond acceptors (Lipinski definition) is 6.